The number of rotatable bonds is 2. The van der Waals surface area contributed by atoms with Crippen LogP contribution >= 0.6 is 0 Å². The zero-order chi connectivity index (χ0) is 8.81. The minimum Gasteiger partial charge on any atom is -0.379 e. The third kappa shape index (κ3) is 2.67. The van der Waals surface area contributed by atoms with Gasteiger partial charge in [0.05, 0.1) is 12.6 Å². The summed E-state index contributed by atoms with van der Waals surface area (Å²) in [5, 5.41) is 3.16. The van der Waals surface area contributed by atoms with Gasteiger partial charge in [0.25, 0.3) is 0 Å². The second-order valence-electron chi connectivity index (χ2n) is 2.67. The lowest BCUT2D eigenvalue weighted by molar-refractivity contribution is 0.192. The summed E-state index contributed by atoms with van der Waals surface area (Å²) >= 11 is 0. The fraction of sp³-hybridized carbons (Fsp3) is 0.857. The first kappa shape index (κ1) is 9.28. The third-order valence-electron chi connectivity index (χ3n) is 1.72. The van der Waals surface area contributed by atoms with Crippen LogP contribution in [0.1, 0.15) is 13.3 Å². The van der Waals surface area contributed by atoms with Crippen molar-refractivity contribution in [3.8, 4) is 0 Å². The van der Waals surface area contributed by atoms with E-state index in [1.807, 2.05) is 6.92 Å². The largest absolute Gasteiger partial charge is 0.379 e. The van der Waals surface area contributed by atoms with Gasteiger partial charge in [-0.3, -0.25) is 10.4 Å². The average Bonchev–Trinajstić information content (AvgIpc) is 2.56. The minimum atomic E-state index is 0.353. The number of nitrogens with two attached hydrogens (primary N) is 1. The molecule has 0 radical (unpaired) electrons. The molecule has 1 aliphatic rings. The molecular formula is C7H16N4O. The first-order valence-corrected chi connectivity index (χ1v) is 4.22. The van der Waals surface area contributed by atoms with E-state index >= 15 is 0 Å². The van der Waals surface area contributed by atoms with Crippen molar-refractivity contribution < 1.29 is 4.74 Å². The van der Waals surface area contributed by atoms with Crippen LogP contribution in [0.5, 0.6) is 0 Å². The highest BCUT2D eigenvalue weighted by Crippen LogP contribution is 2.02. The maximum Gasteiger partial charge on any atom is 0.206 e. The molecule has 0 aromatic heterocycles. The predicted octanol–water partition coefficient (Wildman–Crippen LogP) is -0.796. The molecule has 0 bridgehead atoms. The minimum absolute atomic E-state index is 0.353. The van der Waals surface area contributed by atoms with Crippen LogP contribution in [0.4, 0.5) is 0 Å². The normalized spacial score (nSPS) is 24.2. The number of nitrogens with one attached hydrogen (secondary N) is 2. The van der Waals surface area contributed by atoms with Crippen molar-refractivity contribution in [2.75, 3.05) is 19.8 Å². The van der Waals surface area contributed by atoms with Crippen LogP contribution in [0.3, 0.4) is 0 Å². The number of ether oxygens (including phenoxy) is 1. The number of hydrogen-bond acceptors (Lipinski definition) is 3. The molecule has 0 spiro atoms. The van der Waals surface area contributed by atoms with E-state index in [0.29, 0.717) is 12.0 Å². The average molecular weight is 172 g/mol. The Hall–Kier alpha value is -0.810. The zero-order valence-corrected chi connectivity index (χ0v) is 7.34. The molecule has 1 rings (SSSR count). The Kier molecular flexibility index (Phi) is 3.83. The van der Waals surface area contributed by atoms with Crippen LogP contribution in [-0.2, 0) is 4.74 Å². The SMILES string of the molecule is CCN=C(NN)NC1CCOC1. The molecule has 0 aromatic rings. The molecule has 5 nitrogen and oxygen atoms in total. The fourth-order valence-corrected chi connectivity index (χ4v) is 1.13. The van der Waals surface area contributed by atoms with Crippen LogP contribution in [0.25, 0.3) is 0 Å². The van der Waals surface area contributed by atoms with Crippen molar-refractivity contribution in [3.63, 3.8) is 0 Å². The Morgan fingerprint density at radius 3 is 3.08 bits per heavy atom. The summed E-state index contributed by atoms with van der Waals surface area (Å²) in [5.41, 5.74) is 2.51. The number of guanidine groups is 1. The molecule has 0 saturated carbocycles. The summed E-state index contributed by atoms with van der Waals surface area (Å²) in [5.74, 6) is 5.90. The first-order valence-electron chi connectivity index (χ1n) is 4.22. The summed E-state index contributed by atoms with van der Waals surface area (Å²) in [7, 11) is 0. The number of hydrazine groups is 1. The quantitative estimate of drug-likeness (QED) is 0.221. The maximum absolute atomic E-state index is 5.25. The highest BCUT2D eigenvalue weighted by molar-refractivity contribution is 5.79. The van der Waals surface area contributed by atoms with Gasteiger partial charge in [-0.15, -0.1) is 0 Å². The lowest BCUT2D eigenvalue weighted by Gasteiger charge is -2.13. The van der Waals surface area contributed by atoms with E-state index in [4.69, 9.17) is 10.6 Å². The molecule has 5 heteroatoms. The standard InChI is InChI=1S/C7H16N4O/c1-2-9-7(11-8)10-6-3-4-12-5-6/h6H,2-5,8H2,1H3,(H2,9,10,11). The third-order valence-corrected chi connectivity index (χ3v) is 1.72. The smallest absolute Gasteiger partial charge is 0.206 e. The van der Waals surface area contributed by atoms with Crippen LogP contribution in [0.15, 0.2) is 4.99 Å². The monoisotopic (exact) mass is 172 g/mol. The van der Waals surface area contributed by atoms with E-state index in [1.54, 1.807) is 0 Å². The van der Waals surface area contributed by atoms with E-state index in [1.165, 1.54) is 0 Å². The summed E-state index contributed by atoms with van der Waals surface area (Å²) < 4.78 is 5.19. The highest BCUT2D eigenvalue weighted by Gasteiger charge is 2.15. The van der Waals surface area contributed by atoms with E-state index in [-0.39, 0.29) is 0 Å². The molecule has 0 aliphatic carbocycles. The molecule has 0 amide bonds. The van der Waals surface area contributed by atoms with Crippen LogP contribution in [0.2, 0.25) is 0 Å². The molecular weight excluding hydrogens is 156 g/mol. The molecule has 1 aliphatic heterocycles. The molecule has 1 fully saturated rings. The molecule has 1 heterocycles. The lowest BCUT2D eigenvalue weighted by atomic mass is 10.3. The Morgan fingerprint density at radius 1 is 1.75 bits per heavy atom. The molecule has 1 atom stereocenters. The lowest BCUT2D eigenvalue weighted by Crippen LogP contribution is -2.46. The molecule has 0 aromatic carbocycles. The van der Waals surface area contributed by atoms with E-state index in [2.05, 4.69) is 15.7 Å². The Morgan fingerprint density at radius 2 is 2.58 bits per heavy atom. The van der Waals surface area contributed by atoms with Crippen molar-refractivity contribution in [3.05, 3.63) is 0 Å². The van der Waals surface area contributed by atoms with E-state index < -0.39 is 0 Å². The van der Waals surface area contributed by atoms with Crippen molar-refractivity contribution in [1.29, 1.82) is 0 Å². The molecule has 1 unspecified atom stereocenters. The Balaban J connectivity index is 2.30. The van der Waals surface area contributed by atoms with E-state index in [0.717, 1.165) is 26.2 Å². The Labute approximate surface area is 72.3 Å². The van der Waals surface area contributed by atoms with Gasteiger partial charge in [0, 0.05) is 13.2 Å². The van der Waals surface area contributed by atoms with Gasteiger partial charge in [-0.1, -0.05) is 0 Å². The second kappa shape index (κ2) is 4.95. The van der Waals surface area contributed by atoms with Crippen molar-refractivity contribution >= 4 is 5.96 Å². The van der Waals surface area contributed by atoms with Crippen LogP contribution in [0, 0.1) is 0 Å². The number of nitrogens with zero attached hydrogens (tertiary/aromatic N) is 1. The first-order chi connectivity index (χ1) is 5.86. The summed E-state index contributed by atoms with van der Waals surface area (Å²) in [4.78, 5) is 4.12. The van der Waals surface area contributed by atoms with Gasteiger partial charge in [0.2, 0.25) is 5.96 Å². The van der Waals surface area contributed by atoms with Crippen molar-refractivity contribution in [1.82, 2.24) is 10.7 Å². The van der Waals surface area contributed by atoms with Gasteiger partial charge in [0.1, 0.15) is 0 Å². The molecule has 1 saturated heterocycles. The number of aliphatic imine (C=N–C) groups is 1. The summed E-state index contributed by atoms with van der Waals surface area (Å²) in [6.45, 7) is 4.25. The van der Waals surface area contributed by atoms with Gasteiger partial charge in [-0.05, 0) is 13.3 Å². The zero-order valence-electron chi connectivity index (χ0n) is 7.34. The molecule has 4 N–H and O–H groups in total. The van der Waals surface area contributed by atoms with Crippen LogP contribution < -0.4 is 16.6 Å². The second-order valence-corrected chi connectivity index (χ2v) is 2.67. The van der Waals surface area contributed by atoms with Crippen molar-refractivity contribution in [2.24, 2.45) is 10.8 Å². The van der Waals surface area contributed by atoms with Gasteiger partial charge in [-0.2, -0.15) is 0 Å². The summed E-state index contributed by atoms with van der Waals surface area (Å²) in [6, 6.07) is 0.353. The fourth-order valence-electron chi connectivity index (χ4n) is 1.13. The van der Waals surface area contributed by atoms with Gasteiger partial charge >= 0.3 is 0 Å². The van der Waals surface area contributed by atoms with Crippen LogP contribution in [-0.4, -0.2) is 31.8 Å². The number of hydrogen-bond donors (Lipinski definition) is 3. The summed E-state index contributed by atoms with van der Waals surface area (Å²) in [6.07, 6.45) is 1.02. The van der Waals surface area contributed by atoms with Gasteiger partial charge in [-0.25, -0.2) is 5.84 Å². The molecule has 12 heavy (non-hydrogen) atoms. The van der Waals surface area contributed by atoms with Gasteiger partial charge in [0.15, 0.2) is 0 Å². The maximum atomic E-state index is 5.25. The van der Waals surface area contributed by atoms with Crippen molar-refractivity contribution in [2.45, 2.75) is 19.4 Å². The predicted molar refractivity (Wildman–Crippen MR) is 47.7 cm³/mol. The topological polar surface area (TPSA) is 71.7 Å². The highest BCUT2D eigenvalue weighted by atomic mass is 16.5. The molecule has 70 valence electrons. The van der Waals surface area contributed by atoms with E-state index in [9.17, 15) is 0 Å². The Bertz CT molecular complexity index is 153. The van der Waals surface area contributed by atoms with Gasteiger partial charge < -0.3 is 10.1 Å².